The fourth-order valence-corrected chi connectivity index (χ4v) is 3.18. The number of nitrogens with one attached hydrogen (secondary N) is 2. The van der Waals surface area contributed by atoms with Crippen LogP contribution in [-0.4, -0.2) is 27.6 Å². The standard InChI is InChI=1S/C12H11N5OS2/c1-2-13-11-17-16-10(20-11)9(18)15-12-14-7-5-3-4-6-8(7)19-12/h3-6H,2H2,1H3,(H,13,17)(H,14,15,18). The Labute approximate surface area is 122 Å². The number of para-hydroxylation sites is 1. The first-order valence-corrected chi connectivity index (χ1v) is 7.64. The predicted octanol–water partition coefficient (Wildman–Crippen LogP) is 2.83. The second-order valence-electron chi connectivity index (χ2n) is 3.88. The maximum Gasteiger partial charge on any atom is 0.288 e. The van der Waals surface area contributed by atoms with Crippen molar-refractivity contribution in [1.29, 1.82) is 0 Å². The molecule has 102 valence electrons. The van der Waals surface area contributed by atoms with Gasteiger partial charge in [-0.05, 0) is 19.1 Å². The van der Waals surface area contributed by atoms with Crippen molar-refractivity contribution in [3.63, 3.8) is 0 Å². The van der Waals surface area contributed by atoms with Crippen LogP contribution in [0.2, 0.25) is 0 Å². The van der Waals surface area contributed by atoms with E-state index in [1.807, 2.05) is 31.2 Å². The third kappa shape index (κ3) is 2.61. The molecule has 0 aliphatic carbocycles. The molecule has 2 N–H and O–H groups in total. The number of hydrogen-bond acceptors (Lipinski definition) is 7. The van der Waals surface area contributed by atoms with Gasteiger partial charge in [-0.2, -0.15) is 0 Å². The molecule has 6 nitrogen and oxygen atoms in total. The van der Waals surface area contributed by atoms with E-state index in [-0.39, 0.29) is 5.91 Å². The molecule has 0 aliphatic heterocycles. The normalized spacial score (nSPS) is 10.7. The Morgan fingerprint density at radius 2 is 2.05 bits per heavy atom. The van der Waals surface area contributed by atoms with E-state index in [0.717, 1.165) is 16.8 Å². The Morgan fingerprint density at radius 1 is 1.20 bits per heavy atom. The summed E-state index contributed by atoms with van der Waals surface area (Å²) in [5, 5.41) is 15.0. The molecule has 2 heterocycles. The lowest BCUT2D eigenvalue weighted by Crippen LogP contribution is -2.11. The average molecular weight is 305 g/mol. The summed E-state index contributed by atoms with van der Waals surface area (Å²) in [4.78, 5) is 16.4. The van der Waals surface area contributed by atoms with Gasteiger partial charge in [0.25, 0.3) is 5.91 Å². The molecule has 3 aromatic rings. The van der Waals surface area contributed by atoms with Crippen LogP contribution in [0.3, 0.4) is 0 Å². The summed E-state index contributed by atoms with van der Waals surface area (Å²) in [6.07, 6.45) is 0. The lowest BCUT2D eigenvalue weighted by atomic mass is 10.3. The van der Waals surface area contributed by atoms with Gasteiger partial charge < -0.3 is 5.32 Å². The molecule has 0 spiro atoms. The van der Waals surface area contributed by atoms with Crippen molar-refractivity contribution in [2.75, 3.05) is 17.2 Å². The van der Waals surface area contributed by atoms with Crippen molar-refractivity contribution in [2.45, 2.75) is 6.92 Å². The van der Waals surface area contributed by atoms with E-state index in [2.05, 4.69) is 25.8 Å². The highest BCUT2D eigenvalue weighted by Gasteiger charge is 2.14. The van der Waals surface area contributed by atoms with Crippen LogP contribution in [0.1, 0.15) is 16.7 Å². The van der Waals surface area contributed by atoms with Crippen LogP contribution < -0.4 is 10.6 Å². The number of anilines is 2. The van der Waals surface area contributed by atoms with E-state index in [9.17, 15) is 4.79 Å². The molecular formula is C12H11N5OS2. The highest BCUT2D eigenvalue weighted by molar-refractivity contribution is 7.22. The zero-order chi connectivity index (χ0) is 13.9. The Hall–Kier alpha value is -2.06. The third-order valence-corrected chi connectivity index (χ3v) is 4.29. The second kappa shape index (κ2) is 5.51. The fraction of sp³-hybridized carbons (Fsp3) is 0.167. The van der Waals surface area contributed by atoms with E-state index in [1.165, 1.54) is 22.7 Å². The number of hydrogen-bond donors (Lipinski definition) is 2. The zero-order valence-corrected chi connectivity index (χ0v) is 12.2. The predicted molar refractivity (Wildman–Crippen MR) is 81.6 cm³/mol. The molecule has 0 saturated carbocycles. The first-order valence-electron chi connectivity index (χ1n) is 6.00. The van der Waals surface area contributed by atoms with Gasteiger partial charge in [0.1, 0.15) is 0 Å². The summed E-state index contributed by atoms with van der Waals surface area (Å²) in [5.41, 5.74) is 0.874. The summed E-state index contributed by atoms with van der Waals surface area (Å²) in [7, 11) is 0. The number of rotatable bonds is 4. The highest BCUT2D eigenvalue weighted by atomic mass is 32.1. The number of carbonyl (C=O) groups excluding carboxylic acids is 1. The smallest absolute Gasteiger partial charge is 0.288 e. The van der Waals surface area contributed by atoms with E-state index in [4.69, 9.17) is 0 Å². The molecule has 1 aromatic carbocycles. The van der Waals surface area contributed by atoms with Crippen molar-refractivity contribution in [3.8, 4) is 0 Å². The molecule has 0 saturated heterocycles. The van der Waals surface area contributed by atoms with Gasteiger partial charge in [-0.1, -0.05) is 34.8 Å². The second-order valence-corrected chi connectivity index (χ2v) is 5.89. The van der Waals surface area contributed by atoms with Crippen LogP contribution >= 0.6 is 22.7 Å². The van der Waals surface area contributed by atoms with E-state index >= 15 is 0 Å². The average Bonchev–Trinajstić information content (AvgIpc) is 3.04. The summed E-state index contributed by atoms with van der Waals surface area (Å²) >= 11 is 2.66. The number of fused-ring (bicyclic) bond motifs is 1. The minimum absolute atomic E-state index is 0.286. The number of carbonyl (C=O) groups is 1. The largest absolute Gasteiger partial charge is 0.360 e. The topological polar surface area (TPSA) is 79.8 Å². The van der Waals surface area contributed by atoms with Gasteiger partial charge in [0.05, 0.1) is 10.2 Å². The lowest BCUT2D eigenvalue weighted by Gasteiger charge is -1.95. The molecule has 0 radical (unpaired) electrons. The Balaban J connectivity index is 1.77. The van der Waals surface area contributed by atoms with Gasteiger partial charge >= 0.3 is 0 Å². The number of benzene rings is 1. The molecule has 3 rings (SSSR count). The van der Waals surface area contributed by atoms with Crippen LogP contribution in [0.5, 0.6) is 0 Å². The van der Waals surface area contributed by atoms with Gasteiger partial charge in [0.2, 0.25) is 10.1 Å². The molecule has 8 heteroatoms. The van der Waals surface area contributed by atoms with Crippen molar-refractivity contribution >= 4 is 49.1 Å². The zero-order valence-electron chi connectivity index (χ0n) is 10.6. The molecule has 20 heavy (non-hydrogen) atoms. The highest BCUT2D eigenvalue weighted by Crippen LogP contribution is 2.26. The first kappa shape index (κ1) is 12.9. The van der Waals surface area contributed by atoms with Crippen LogP contribution in [0.4, 0.5) is 10.3 Å². The lowest BCUT2D eigenvalue weighted by molar-refractivity contribution is 0.102. The maximum absolute atomic E-state index is 12.0. The Bertz CT molecular complexity index is 718. The van der Waals surface area contributed by atoms with Gasteiger partial charge in [-0.3, -0.25) is 10.1 Å². The monoisotopic (exact) mass is 305 g/mol. The number of nitrogens with zero attached hydrogens (tertiary/aromatic N) is 3. The third-order valence-electron chi connectivity index (χ3n) is 2.46. The Morgan fingerprint density at radius 3 is 2.85 bits per heavy atom. The van der Waals surface area contributed by atoms with Crippen LogP contribution in [0.15, 0.2) is 24.3 Å². The maximum atomic E-state index is 12.0. The molecule has 0 aliphatic rings. The van der Waals surface area contributed by atoms with Crippen molar-refractivity contribution in [1.82, 2.24) is 15.2 Å². The van der Waals surface area contributed by atoms with E-state index in [1.54, 1.807) is 0 Å². The summed E-state index contributed by atoms with van der Waals surface area (Å²) in [6.45, 7) is 2.70. The molecule has 0 atom stereocenters. The molecule has 2 aromatic heterocycles. The molecule has 0 unspecified atom stereocenters. The van der Waals surface area contributed by atoms with Gasteiger partial charge in [-0.15, -0.1) is 10.2 Å². The SMILES string of the molecule is CCNc1nnc(C(=O)Nc2nc3ccccc3s2)s1. The van der Waals surface area contributed by atoms with E-state index in [0.29, 0.717) is 15.3 Å². The molecule has 1 amide bonds. The number of amides is 1. The van der Waals surface area contributed by atoms with Gasteiger partial charge in [-0.25, -0.2) is 4.98 Å². The van der Waals surface area contributed by atoms with Gasteiger partial charge in [0, 0.05) is 6.54 Å². The minimum atomic E-state index is -0.286. The van der Waals surface area contributed by atoms with Crippen molar-refractivity contribution in [3.05, 3.63) is 29.3 Å². The van der Waals surface area contributed by atoms with Crippen molar-refractivity contribution in [2.24, 2.45) is 0 Å². The summed E-state index contributed by atoms with van der Waals surface area (Å²) in [5.74, 6) is -0.286. The first-order chi connectivity index (χ1) is 9.76. The summed E-state index contributed by atoms with van der Waals surface area (Å²) in [6, 6.07) is 7.74. The molecular weight excluding hydrogens is 294 g/mol. The fourth-order valence-electron chi connectivity index (χ4n) is 1.61. The molecule has 0 bridgehead atoms. The van der Waals surface area contributed by atoms with Crippen LogP contribution in [-0.2, 0) is 0 Å². The Kier molecular flexibility index (Phi) is 3.57. The minimum Gasteiger partial charge on any atom is -0.360 e. The van der Waals surface area contributed by atoms with Crippen molar-refractivity contribution < 1.29 is 4.79 Å². The van der Waals surface area contributed by atoms with Gasteiger partial charge in [0.15, 0.2) is 5.13 Å². The quantitative estimate of drug-likeness (QED) is 0.775. The molecule has 0 fully saturated rings. The van der Waals surface area contributed by atoms with Crippen LogP contribution in [0, 0.1) is 0 Å². The number of aromatic nitrogens is 3. The van der Waals surface area contributed by atoms with Crippen LogP contribution in [0.25, 0.3) is 10.2 Å². The van der Waals surface area contributed by atoms with E-state index < -0.39 is 0 Å². The summed E-state index contributed by atoms with van der Waals surface area (Å²) < 4.78 is 1.04. The number of thiazole rings is 1.